The second kappa shape index (κ2) is 8.43. The number of nitrogens with one attached hydrogen (secondary N) is 2. The van der Waals surface area contributed by atoms with Gasteiger partial charge < -0.3 is 15.4 Å². The number of nitrogens with zero attached hydrogens (tertiary/aromatic N) is 2. The van der Waals surface area contributed by atoms with Crippen LogP contribution in [0.1, 0.15) is 17.4 Å². The molecule has 0 bridgehead atoms. The molecule has 7 heteroatoms. The molecule has 0 fully saturated rings. The predicted molar refractivity (Wildman–Crippen MR) is 129 cm³/mol. The molecule has 3 N–H and O–H groups in total. The Morgan fingerprint density at radius 3 is 2.75 bits per heavy atom. The zero-order valence-electron chi connectivity index (χ0n) is 17.5. The quantitative estimate of drug-likeness (QED) is 0.309. The maximum absolute atomic E-state index is 12.1. The summed E-state index contributed by atoms with van der Waals surface area (Å²) >= 11 is 1.63. The van der Waals surface area contributed by atoms with E-state index in [2.05, 4.69) is 45.4 Å². The number of carboxylic acid groups (broad SMARTS) is 1. The van der Waals surface area contributed by atoms with E-state index in [9.17, 15) is 9.90 Å². The van der Waals surface area contributed by atoms with Crippen LogP contribution in [0.3, 0.4) is 0 Å². The summed E-state index contributed by atoms with van der Waals surface area (Å²) in [6.45, 7) is 2.12. The van der Waals surface area contributed by atoms with Crippen molar-refractivity contribution in [3.05, 3.63) is 77.6 Å². The molecule has 0 radical (unpaired) electrons. The lowest BCUT2D eigenvalue weighted by Crippen LogP contribution is -2.32. The number of thiophene rings is 1. The summed E-state index contributed by atoms with van der Waals surface area (Å²) in [5, 5.41) is 15.1. The highest BCUT2D eigenvalue weighted by Crippen LogP contribution is 2.43. The van der Waals surface area contributed by atoms with Gasteiger partial charge in [0.15, 0.2) is 0 Å². The van der Waals surface area contributed by atoms with Crippen LogP contribution in [-0.2, 0) is 17.6 Å². The van der Waals surface area contributed by atoms with E-state index in [0.29, 0.717) is 12.2 Å². The average Bonchev–Trinajstić information content (AvgIpc) is 3.44. The molecular weight excluding hydrogens is 420 g/mol. The van der Waals surface area contributed by atoms with Crippen LogP contribution in [-0.4, -0.2) is 32.1 Å². The number of anilines is 1. The number of rotatable bonds is 7. The van der Waals surface area contributed by atoms with E-state index in [1.54, 1.807) is 11.3 Å². The van der Waals surface area contributed by atoms with Gasteiger partial charge in [-0.05, 0) is 23.4 Å². The van der Waals surface area contributed by atoms with Gasteiger partial charge in [0.25, 0.3) is 0 Å². The van der Waals surface area contributed by atoms with Crippen LogP contribution in [0.2, 0.25) is 0 Å². The Bertz CT molecular complexity index is 1410. The van der Waals surface area contributed by atoms with Crippen LogP contribution >= 0.6 is 11.3 Å². The summed E-state index contributed by atoms with van der Waals surface area (Å²) in [4.78, 5) is 26.5. The van der Waals surface area contributed by atoms with E-state index in [-0.39, 0.29) is 0 Å². The number of fused-ring (bicyclic) bond motifs is 2. The molecule has 0 aliphatic carbocycles. The number of aryl methyl sites for hydroxylation is 1. The number of aromatic nitrogens is 3. The van der Waals surface area contributed by atoms with Gasteiger partial charge in [-0.3, -0.25) is 0 Å². The van der Waals surface area contributed by atoms with Gasteiger partial charge >= 0.3 is 5.97 Å². The molecule has 32 heavy (non-hydrogen) atoms. The Balaban J connectivity index is 1.65. The molecule has 3 aromatic heterocycles. The number of H-pyrrole nitrogens is 1. The molecule has 0 saturated carbocycles. The second-order valence-corrected chi connectivity index (χ2v) is 8.71. The van der Waals surface area contributed by atoms with Crippen molar-refractivity contribution in [1.82, 2.24) is 15.0 Å². The molecule has 160 valence electrons. The fourth-order valence-corrected chi connectivity index (χ4v) is 5.22. The van der Waals surface area contributed by atoms with E-state index in [1.165, 1.54) is 11.2 Å². The van der Waals surface area contributed by atoms with E-state index >= 15 is 0 Å². The second-order valence-electron chi connectivity index (χ2n) is 7.63. The molecule has 0 aliphatic rings. The molecule has 5 aromatic rings. The fourth-order valence-electron chi connectivity index (χ4n) is 4.13. The number of carboxylic acids is 1. The smallest absolute Gasteiger partial charge is 0.326 e. The lowest BCUT2D eigenvalue weighted by molar-refractivity contribution is -0.137. The van der Waals surface area contributed by atoms with Crippen molar-refractivity contribution in [2.24, 2.45) is 0 Å². The summed E-state index contributed by atoms with van der Waals surface area (Å²) in [6.07, 6.45) is 4.64. The number of carbonyl (C=O) groups is 1. The molecule has 0 spiro atoms. The van der Waals surface area contributed by atoms with Gasteiger partial charge in [-0.2, -0.15) is 0 Å². The number of hydrogen-bond acceptors (Lipinski definition) is 5. The first-order chi connectivity index (χ1) is 15.7. The van der Waals surface area contributed by atoms with Crippen molar-refractivity contribution in [2.45, 2.75) is 25.8 Å². The Hall–Kier alpha value is -3.71. The Kier molecular flexibility index (Phi) is 5.33. The highest BCUT2D eigenvalue weighted by Gasteiger charge is 2.24. The van der Waals surface area contributed by atoms with Crippen molar-refractivity contribution < 1.29 is 9.90 Å². The third-order valence-corrected chi connectivity index (χ3v) is 6.87. The van der Waals surface area contributed by atoms with Gasteiger partial charge in [-0.1, -0.05) is 55.5 Å². The predicted octanol–water partition coefficient (Wildman–Crippen LogP) is 5.51. The summed E-state index contributed by atoms with van der Waals surface area (Å²) in [7, 11) is 0. The van der Waals surface area contributed by atoms with E-state index in [1.807, 2.05) is 42.6 Å². The molecular formula is C25H22N4O2S. The molecule has 6 nitrogen and oxygen atoms in total. The number of hydrogen-bond donors (Lipinski definition) is 3. The minimum absolute atomic E-state index is 0.355. The zero-order chi connectivity index (χ0) is 22.1. The molecule has 0 unspecified atom stereocenters. The third kappa shape index (κ3) is 3.61. The third-order valence-electron chi connectivity index (χ3n) is 5.63. The first kappa shape index (κ1) is 20.2. The van der Waals surface area contributed by atoms with Crippen molar-refractivity contribution >= 4 is 44.2 Å². The highest BCUT2D eigenvalue weighted by molar-refractivity contribution is 7.19. The molecule has 3 heterocycles. The lowest BCUT2D eigenvalue weighted by Gasteiger charge is -2.16. The molecule has 5 rings (SSSR count). The van der Waals surface area contributed by atoms with Crippen molar-refractivity contribution in [3.63, 3.8) is 0 Å². The molecule has 0 amide bonds. The SMILES string of the molecule is CCc1sc2ncnc(N[C@H](Cc3ccccc3)C(=O)O)c2c1-c1cccc2cc[nH]c12. The van der Waals surface area contributed by atoms with Crippen LogP contribution in [0.25, 0.3) is 32.2 Å². The van der Waals surface area contributed by atoms with Crippen molar-refractivity contribution in [3.8, 4) is 11.1 Å². The van der Waals surface area contributed by atoms with Crippen LogP contribution in [0, 0.1) is 0 Å². The largest absolute Gasteiger partial charge is 0.480 e. The molecule has 2 aromatic carbocycles. The number of para-hydroxylation sites is 1. The number of aliphatic carboxylic acids is 1. The van der Waals surface area contributed by atoms with Crippen LogP contribution in [0.4, 0.5) is 5.82 Å². The zero-order valence-corrected chi connectivity index (χ0v) is 18.3. The molecule has 0 saturated heterocycles. The lowest BCUT2D eigenvalue weighted by atomic mass is 9.99. The van der Waals surface area contributed by atoms with Gasteiger partial charge in [-0.15, -0.1) is 11.3 Å². The van der Waals surface area contributed by atoms with E-state index in [4.69, 9.17) is 0 Å². The minimum Gasteiger partial charge on any atom is -0.480 e. The minimum atomic E-state index is -0.917. The normalized spacial score (nSPS) is 12.3. The number of benzene rings is 2. The average molecular weight is 443 g/mol. The Labute approximate surface area is 189 Å². The summed E-state index contributed by atoms with van der Waals surface area (Å²) in [6, 6.07) is 17.1. The van der Waals surface area contributed by atoms with Crippen molar-refractivity contribution in [1.29, 1.82) is 0 Å². The molecule has 0 aliphatic heterocycles. The van der Waals surface area contributed by atoms with Crippen LogP contribution < -0.4 is 5.32 Å². The highest BCUT2D eigenvalue weighted by atomic mass is 32.1. The Morgan fingerprint density at radius 1 is 1.12 bits per heavy atom. The summed E-state index contributed by atoms with van der Waals surface area (Å²) in [5.41, 5.74) is 4.14. The topological polar surface area (TPSA) is 90.9 Å². The first-order valence-corrected chi connectivity index (χ1v) is 11.3. The summed E-state index contributed by atoms with van der Waals surface area (Å²) in [5.74, 6) is -0.368. The van der Waals surface area contributed by atoms with Crippen LogP contribution in [0.15, 0.2) is 67.1 Å². The standard InChI is InChI=1S/C25H22N4O2S/c1-2-19-20(17-10-6-9-16-11-12-26-22(16)17)21-23(27-14-28-24(21)32-19)29-18(25(30)31)13-15-7-4-3-5-8-15/h3-12,14,18,26H,2,13H2,1H3,(H,30,31)(H,27,28,29)/t18-/m1/s1. The monoisotopic (exact) mass is 442 g/mol. The van der Waals surface area contributed by atoms with Crippen molar-refractivity contribution in [2.75, 3.05) is 5.32 Å². The van der Waals surface area contributed by atoms with E-state index in [0.717, 1.165) is 44.2 Å². The maximum atomic E-state index is 12.1. The van der Waals surface area contributed by atoms with Crippen LogP contribution in [0.5, 0.6) is 0 Å². The van der Waals surface area contributed by atoms with Gasteiger partial charge in [0.1, 0.15) is 23.0 Å². The fraction of sp³-hybridized carbons (Fsp3) is 0.160. The maximum Gasteiger partial charge on any atom is 0.326 e. The van der Waals surface area contributed by atoms with E-state index < -0.39 is 12.0 Å². The summed E-state index contributed by atoms with van der Waals surface area (Å²) < 4.78 is 0. The first-order valence-electron chi connectivity index (χ1n) is 10.5. The van der Waals surface area contributed by atoms with Gasteiger partial charge in [-0.25, -0.2) is 14.8 Å². The van der Waals surface area contributed by atoms with Gasteiger partial charge in [0, 0.05) is 28.6 Å². The van der Waals surface area contributed by atoms with Gasteiger partial charge in [0.2, 0.25) is 0 Å². The Morgan fingerprint density at radius 2 is 1.97 bits per heavy atom. The molecule has 1 atom stereocenters. The number of aromatic amines is 1. The van der Waals surface area contributed by atoms with Gasteiger partial charge in [0.05, 0.1) is 10.9 Å².